The van der Waals surface area contributed by atoms with Gasteiger partial charge in [-0.25, -0.2) is 0 Å². The van der Waals surface area contributed by atoms with Crippen LogP contribution >= 0.6 is 0 Å². The number of ether oxygens (including phenoxy) is 1. The molecule has 1 fully saturated rings. The Morgan fingerprint density at radius 2 is 1.68 bits per heavy atom. The molecule has 1 heterocycles. The van der Waals surface area contributed by atoms with Gasteiger partial charge in [0.2, 0.25) is 0 Å². The van der Waals surface area contributed by atoms with E-state index in [1.165, 1.54) is 19.3 Å². The van der Waals surface area contributed by atoms with Gasteiger partial charge in [-0.3, -0.25) is 4.79 Å². The van der Waals surface area contributed by atoms with Crippen molar-refractivity contribution < 1.29 is 35.1 Å². The summed E-state index contributed by atoms with van der Waals surface area (Å²) in [5.41, 5.74) is 5.26. The Labute approximate surface area is 130 Å². The predicted molar refractivity (Wildman–Crippen MR) is 79.0 cm³/mol. The normalized spacial score (nSPS) is 31.3. The molecule has 0 radical (unpaired) electrons. The molecular formula is C14H29NO7. The smallest absolute Gasteiger partial charge is 0.303 e. The van der Waals surface area contributed by atoms with Crippen molar-refractivity contribution >= 4 is 5.97 Å². The molecule has 1 unspecified atom stereocenters. The monoisotopic (exact) mass is 323 g/mol. The van der Waals surface area contributed by atoms with Crippen molar-refractivity contribution in [3.05, 3.63) is 0 Å². The van der Waals surface area contributed by atoms with Gasteiger partial charge >= 0.3 is 5.97 Å². The number of carboxylic acids is 1. The molecule has 0 bridgehead atoms. The minimum absolute atomic E-state index is 0.337. The summed E-state index contributed by atoms with van der Waals surface area (Å²) in [6.07, 6.45) is 1.03. The Hall–Kier alpha value is -0.770. The van der Waals surface area contributed by atoms with E-state index in [2.05, 4.69) is 6.92 Å². The number of aliphatic hydroxyl groups excluding tert-OH is 4. The van der Waals surface area contributed by atoms with E-state index in [1.807, 2.05) is 0 Å². The van der Waals surface area contributed by atoms with Gasteiger partial charge in [0.25, 0.3) is 0 Å². The molecule has 0 aliphatic carbocycles. The summed E-state index contributed by atoms with van der Waals surface area (Å²) in [6, 6.07) is -1.04. The van der Waals surface area contributed by atoms with Crippen LogP contribution in [0.25, 0.3) is 0 Å². The fourth-order valence-electron chi connectivity index (χ4n) is 2.00. The predicted octanol–water partition coefficient (Wildman–Crippen LogP) is -0.823. The third-order valence-electron chi connectivity index (χ3n) is 3.44. The molecule has 0 aromatic rings. The molecule has 1 rings (SSSR count). The molecule has 5 atom stereocenters. The maximum atomic E-state index is 10.0. The van der Waals surface area contributed by atoms with Gasteiger partial charge in [0.05, 0.1) is 12.6 Å². The number of nitrogens with two attached hydrogens (primary N) is 1. The molecule has 132 valence electrons. The Balaban J connectivity index is 0.000000409. The zero-order chi connectivity index (χ0) is 17.1. The van der Waals surface area contributed by atoms with Crippen molar-refractivity contribution in [2.24, 2.45) is 5.73 Å². The van der Waals surface area contributed by atoms with Crippen LogP contribution < -0.4 is 5.73 Å². The maximum absolute atomic E-state index is 10.0. The summed E-state index contributed by atoms with van der Waals surface area (Å²) < 4.78 is 4.70. The fraction of sp³-hybridized carbons (Fsp3) is 0.929. The van der Waals surface area contributed by atoms with Crippen LogP contribution in [0.3, 0.4) is 0 Å². The summed E-state index contributed by atoms with van der Waals surface area (Å²) in [6.45, 7) is 1.68. The van der Waals surface area contributed by atoms with E-state index in [4.69, 9.17) is 25.8 Å². The summed E-state index contributed by atoms with van der Waals surface area (Å²) in [5, 5.41) is 44.3. The zero-order valence-corrected chi connectivity index (χ0v) is 13.0. The Bertz CT molecular complexity index is 298. The molecule has 1 aliphatic rings. The molecule has 0 aromatic carbocycles. The van der Waals surface area contributed by atoms with Gasteiger partial charge in [0, 0.05) is 6.42 Å². The first-order valence-corrected chi connectivity index (χ1v) is 7.63. The first-order chi connectivity index (χ1) is 10.3. The van der Waals surface area contributed by atoms with E-state index in [0.717, 1.165) is 12.8 Å². The number of aliphatic carboxylic acids is 1. The highest BCUT2D eigenvalue weighted by Gasteiger charge is 2.41. The van der Waals surface area contributed by atoms with Crippen LogP contribution in [0.2, 0.25) is 0 Å². The molecule has 1 aliphatic heterocycles. The average molecular weight is 323 g/mol. The van der Waals surface area contributed by atoms with Gasteiger partial charge in [-0.15, -0.1) is 0 Å². The summed E-state index contributed by atoms with van der Waals surface area (Å²) in [7, 11) is 0. The van der Waals surface area contributed by atoms with Crippen molar-refractivity contribution in [2.75, 3.05) is 6.61 Å². The lowest BCUT2D eigenvalue weighted by Gasteiger charge is -2.38. The number of carbonyl (C=O) groups is 1. The topological polar surface area (TPSA) is 153 Å². The molecule has 8 heteroatoms. The van der Waals surface area contributed by atoms with E-state index in [0.29, 0.717) is 6.42 Å². The van der Waals surface area contributed by atoms with E-state index in [-0.39, 0.29) is 0 Å². The van der Waals surface area contributed by atoms with Crippen molar-refractivity contribution in [2.45, 2.75) is 76.1 Å². The van der Waals surface area contributed by atoms with Gasteiger partial charge in [-0.2, -0.15) is 0 Å². The first kappa shape index (κ1) is 21.2. The second kappa shape index (κ2) is 11.8. The van der Waals surface area contributed by atoms with Crippen LogP contribution in [0, 0.1) is 0 Å². The summed E-state index contributed by atoms with van der Waals surface area (Å²) >= 11 is 0. The van der Waals surface area contributed by atoms with Crippen LogP contribution in [0.1, 0.15) is 45.4 Å². The van der Waals surface area contributed by atoms with Crippen LogP contribution in [0.15, 0.2) is 0 Å². The lowest BCUT2D eigenvalue weighted by molar-refractivity contribution is -0.248. The number of unbranched alkanes of at least 4 members (excludes halogenated alkanes) is 4. The number of rotatable bonds is 7. The molecule has 0 aromatic heterocycles. The largest absolute Gasteiger partial charge is 0.481 e. The highest BCUT2D eigenvalue weighted by atomic mass is 16.6. The van der Waals surface area contributed by atoms with Gasteiger partial charge in [-0.05, 0) is 6.42 Å². The Kier molecular flexibility index (Phi) is 11.3. The van der Waals surface area contributed by atoms with E-state index in [9.17, 15) is 15.0 Å². The number of hydrogen-bond donors (Lipinski definition) is 6. The molecule has 8 nitrogen and oxygen atoms in total. The van der Waals surface area contributed by atoms with Crippen LogP contribution in [0.5, 0.6) is 0 Å². The summed E-state index contributed by atoms with van der Waals surface area (Å²) in [5.74, 6) is -0.670. The van der Waals surface area contributed by atoms with Gasteiger partial charge in [0.15, 0.2) is 6.29 Å². The summed E-state index contributed by atoms with van der Waals surface area (Å²) in [4.78, 5) is 10.0. The number of aliphatic hydroxyl groups is 4. The van der Waals surface area contributed by atoms with Crippen molar-refractivity contribution in [3.8, 4) is 0 Å². The maximum Gasteiger partial charge on any atom is 0.303 e. The highest BCUT2D eigenvalue weighted by Crippen LogP contribution is 2.17. The Morgan fingerprint density at radius 1 is 1.09 bits per heavy atom. The standard InChI is InChI=1S/C8H16O2.C6H13NO5/c1-2-3-4-5-6-7-8(9)10;7-3-5(10)4(9)2(1-8)12-6(3)11/h2-7H2,1H3,(H,9,10);2-6,8-11H,1,7H2/t;2-,3-,4-,5-,6?/m.1/s1. The van der Waals surface area contributed by atoms with Gasteiger partial charge in [0.1, 0.15) is 18.3 Å². The molecule has 7 N–H and O–H groups in total. The lowest BCUT2D eigenvalue weighted by atomic mass is 9.98. The second-order valence-corrected chi connectivity index (χ2v) is 5.36. The third-order valence-corrected chi connectivity index (χ3v) is 3.44. The second-order valence-electron chi connectivity index (χ2n) is 5.36. The number of hydrogen-bond acceptors (Lipinski definition) is 7. The SMILES string of the molecule is CCCCCCCC(=O)O.N[C@H]1C(O)O[C@H](CO)[C@@H](O)[C@@H]1O. The Morgan fingerprint density at radius 3 is 2.18 bits per heavy atom. The molecule has 0 spiro atoms. The first-order valence-electron chi connectivity index (χ1n) is 7.63. The molecule has 22 heavy (non-hydrogen) atoms. The lowest BCUT2D eigenvalue weighted by Crippen LogP contribution is -2.61. The minimum Gasteiger partial charge on any atom is -0.481 e. The van der Waals surface area contributed by atoms with Crippen molar-refractivity contribution in [1.29, 1.82) is 0 Å². The van der Waals surface area contributed by atoms with Crippen LogP contribution in [-0.2, 0) is 9.53 Å². The zero-order valence-electron chi connectivity index (χ0n) is 13.0. The van der Waals surface area contributed by atoms with Crippen LogP contribution in [-0.4, -0.2) is 68.8 Å². The molecular weight excluding hydrogens is 294 g/mol. The molecule has 0 saturated carbocycles. The fourth-order valence-corrected chi connectivity index (χ4v) is 2.00. The van der Waals surface area contributed by atoms with E-state index < -0.39 is 43.2 Å². The van der Waals surface area contributed by atoms with Crippen molar-refractivity contribution in [1.82, 2.24) is 0 Å². The third kappa shape index (κ3) is 8.02. The quantitative estimate of drug-likeness (QED) is 0.332. The van der Waals surface area contributed by atoms with E-state index in [1.54, 1.807) is 0 Å². The van der Waals surface area contributed by atoms with Gasteiger partial charge < -0.3 is 36.0 Å². The minimum atomic E-state index is -1.35. The molecule has 0 amide bonds. The van der Waals surface area contributed by atoms with Crippen LogP contribution in [0.4, 0.5) is 0 Å². The highest BCUT2D eigenvalue weighted by molar-refractivity contribution is 5.66. The average Bonchev–Trinajstić information content (AvgIpc) is 2.49. The molecule has 1 saturated heterocycles. The van der Waals surface area contributed by atoms with Gasteiger partial charge in [-0.1, -0.05) is 32.6 Å². The number of carboxylic acid groups (broad SMARTS) is 1. The van der Waals surface area contributed by atoms with E-state index >= 15 is 0 Å². The van der Waals surface area contributed by atoms with Crippen molar-refractivity contribution in [3.63, 3.8) is 0 Å².